The third kappa shape index (κ3) is 3.74. The molecule has 0 spiro atoms. The molecule has 152 valence electrons. The molecule has 3 N–H and O–H groups in total. The van der Waals surface area contributed by atoms with Crippen molar-refractivity contribution in [3.63, 3.8) is 0 Å². The standard InChI is InChI=1S/C22H17BrClN3O3/c1-30-17-10-12(9-15(23)22(17)29)19(27-18-6-2-3-7-25-18)14-11-16(24)13-5-4-8-26-20(13)21(14)28/h2-11,19,28-29H,1H3,(H,25,27)/t19-/m1/s1. The summed E-state index contributed by atoms with van der Waals surface area (Å²) in [6.45, 7) is 0. The highest BCUT2D eigenvalue weighted by atomic mass is 79.9. The lowest BCUT2D eigenvalue weighted by Gasteiger charge is -2.23. The van der Waals surface area contributed by atoms with E-state index in [1.54, 1.807) is 42.7 Å². The normalized spacial score (nSPS) is 12.0. The van der Waals surface area contributed by atoms with Crippen LogP contribution in [0.2, 0.25) is 5.02 Å². The molecule has 8 heteroatoms. The maximum Gasteiger partial charge on any atom is 0.172 e. The first-order valence-electron chi connectivity index (χ1n) is 8.99. The monoisotopic (exact) mass is 485 g/mol. The van der Waals surface area contributed by atoms with Gasteiger partial charge >= 0.3 is 0 Å². The summed E-state index contributed by atoms with van der Waals surface area (Å²) >= 11 is 9.88. The molecule has 0 radical (unpaired) electrons. The number of phenolic OH excluding ortho intramolecular Hbond substituents is 2. The third-order valence-corrected chi connectivity index (χ3v) is 5.63. The Morgan fingerprint density at radius 2 is 1.83 bits per heavy atom. The molecule has 2 aromatic heterocycles. The molecule has 30 heavy (non-hydrogen) atoms. The van der Waals surface area contributed by atoms with Gasteiger partial charge in [-0.1, -0.05) is 17.7 Å². The van der Waals surface area contributed by atoms with Crippen molar-refractivity contribution < 1.29 is 14.9 Å². The number of halogens is 2. The molecule has 4 aromatic rings. The lowest BCUT2D eigenvalue weighted by atomic mass is 9.95. The van der Waals surface area contributed by atoms with Crippen LogP contribution in [0.4, 0.5) is 5.82 Å². The van der Waals surface area contributed by atoms with E-state index in [1.807, 2.05) is 18.2 Å². The van der Waals surface area contributed by atoms with Gasteiger partial charge in [0.05, 0.1) is 22.6 Å². The second-order valence-electron chi connectivity index (χ2n) is 6.54. The highest BCUT2D eigenvalue weighted by Crippen LogP contribution is 2.43. The van der Waals surface area contributed by atoms with E-state index in [1.165, 1.54) is 7.11 Å². The minimum absolute atomic E-state index is 0.00611. The number of pyridine rings is 2. The van der Waals surface area contributed by atoms with Gasteiger partial charge in [-0.05, 0) is 64.0 Å². The van der Waals surface area contributed by atoms with Crippen molar-refractivity contribution in [3.05, 3.63) is 81.5 Å². The summed E-state index contributed by atoms with van der Waals surface area (Å²) in [7, 11) is 1.47. The number of hydrogen-bond donors (Lipinski definition) is 3. The van der Waals surface area contributed by atoms with E-state index >= 15 is 0 Å². The Bertz CT molecular complexity index is 1220. The topological polar surface area (TPSA) is 87.5 Å². The molecular formula is C22H17BrClN3O3. The summed E-state index contributed by atoms with van der Waals surface area (Å²) < 4.78 is 5.76. The fraction of sp³-hybridized carbons (Fsp3) is 0.0909. The van der Waals surface area contributed by atoms with Crippen LogP contribution in [0.5, 0.6) is 17.2 Å². The first-order valence-corrected chi connectivity index (χ1v) is 10.2. The van der Waals surface area contributed by atoms with Gasteiger partial charge in [-0.2, -0.15) is 0 Å². The van der Waals surface area contributed by atoms with Gasteiger partial charge in [0.2, 0.25) is 0 Å². The second-order valence-corrected chi connectivity index (χ2v) is 7.80. The number of aromatic nitrogens is 2. The molecule has 0 saturated heterocycles. The first kappa shape index (κ1) is 20.3. The quantitative estimate of drug-likeness (QED) is 0.337. The van der Waals surface area contributed by atoms with Crippen LogP contribution in [0.1, 0.15) is 17.2 Å². The van der Waals surface area contributed by atoms with Crippen molar-refractivity contribution in [2.24, 2.45) is 0 Å². The van der Waals surface area contributed by atoms with Gasteiger partial charge in [0.25, 0.3) is 0 Å². The SMILES string of the molecule is COc1cc([C@@H](Nc2ccccn2)c2cc(Cl)c3cccnc3c2O)cc(Br)c1O. The van der Waals surface area contributed by atoms with Gasteiger partial charge in [-0.15, -0.1) is 0 Å². The average Bonchev–Trinajstić information content (AvgIpc) is 2.77. The van der Waals surface area contributed by atoms with Crippen molar-refractivity contribution >= 4 is 44.3 Å². The third-order valence-electron chi connectivity index (χ3n) is 4.72. The lowest BCUT2D eigenvalue weighted by molar-refractivity contribution is 0.371. The zero-order chi connectivity index (χ0) is 21.3. The number of rotatable bonds is 5. The Labute approximate surface area is 186 Å². The van der Waals surface area contributed by atoms with Gasteiger partial charge in [0.1, 0.15) is 17.1 Å². The number of ether oxygens (including phenoxy) is 1. The predicted octanol–water partition coefficient (Wildman–Crippen LogP) is 5.67. The summed E-state index contributed by atoms with van der Waals surface area (Å²) in [5.41, 5.74) is 1.62. The van der Waals surface area contributed by atoms with Gasteiger partial charge in [0.15, 0.2) is 11.5 Å². The van der Waals surface area contributed by atoms with Crippen LogP contribution < -0.4 is 10.1 Å². The smallest absolute Gasteiger partial charge is 0.172 e. The van der Waals surface area contributed by atoms with Gasteiger partial charge < -0.3 is 20.3 Å². The van der Waals surface area contributed by atoms with E-state index in [2.05, 4.69) is 31.2 Å². The molecule has 0 fully saturated rings. The van der Waals surface area contributed by atoms with Crippen LogP contribution in [0.15, 0.2) is 65.4 Å². The van der Waals surface area contributed by atoms with Crippen LogP contribution in [-0.2, 0) is 0 Å². The van der Waals surface area contributed by atoms with E-state index in [-0.39, 0.29) is 17.2 Å². The number of methoxy groups -OCH3 is 1. The summed E-state index contributed by atoms with van der Waals surface area (Å²) in [6.07, 6.45) is 3.27. The van der Waals surface area contributed by atoms with Crippen LogP contribution in [0.3, 0.4) is 0 Å². The van der Waals surface area contributed by atoms with E-state index in [9.17, 15) is 10.2 Å². The predicted molar refractivity (Wildman–Crippen MR) is 120 cm³/mol. The first-order chi connectivity index (χ1) is 14.5. The largest absolute Gasteiger partial charge is 0.505 e. The van der Waals surface area contributed by atoms with Gasteiger partial charge in [0, 0.05) is 23.3 Å². The fourth-order valence-electron chi connectivity index (χ4n) is 3.28. The van der Waals surface area contributed by atoms with Crippen molar-refractivity contribution in [3.8, 4) is 17.2 Å². The van der Waals surface area contributed by atoms with Crippen LogP contribution in [0, 0.1) is 0 Å². The molecular weight excluding hydrogens is 470 g/mol. The van der Waals surface area contributed by atoms with Gasteiger partial charge in [-0.25, -0.2) is 4.98 Å². The highest BCUT2D eigenvalue weighted by Gasteiger charge is 2.24. The molecule has 0 unspecified atom stereocenters. The van der Waals surface area contributed by atoms with Crippen molar-refractivity contribution in [2.45, 2.75) is 6.04 Å². The Morgan fingerprint density at radius 3 is 2.57 bits per heavy atom. The van der Waals surface area contributed by atoms with E-state index in [0.717, 1.165) is 0 Å². The molecule has 0 saturated carbocycles. The molecule has 0 aliphatic rings. The Hall–Kier alpha value is -3.03. The number of fused-ring (bicyclic) bond motifs is 1. The number of anilines is 1. The summed E-state index contributed by atoms with van der Waals surface area (Å²) in [5.74, 6) is 0.880. The molecule has 0 amide bonds. The number of hydrogen-bond acceptors (Lipinski definition) is 6. The molecule has 6 nitrogen and oxygen atoms in total. The summed E-state index contributed by atoms with van der Waals surface area (Å²) in [5, 5.41) is 25.7. The number of nitrogens with one attached hydrogen (secondary N) is 1. The fourth-order valence-corrected chi connectivity index (χ4v) is 4.01. The summed E-state index contributed by atoms with van der Waals surface area (Å²) in [4.78, 5) is 8.63. The average molecular weight is 487 g/mol. The van der Waals surface area contributed by atoms with Crippen molar-refractivity contribution in [1.29, 1.82) is 0 Å². The number of phenols is 2. The highest BCUT2D eigenvalue weighted by molar-refractivity contribution is 9.10. The van der Waals surface area contributed by atoms with E-state index in [4.69, 9.17) is 16.3 Å². The van der Waals surface area contributed by atoms with Crippen molar-refractivity contribution in [2.75, 3.05) is 12.4 Å². The number of aromatic hydroxyl groups is 2. The molecule has 0 aliphatic heterocycles. The number of benzene rings is 2. The Morgan fingerprint density at radius 1 is 1.03 bits per heavy atom. The molecule has 1 atom stereocenters. The number of nitrogens with zero attached hydrogens (tertiary/aromatic N) is 2. The van der Waals surface area contributed by atoms with Crippen LogP contribution in [-0.4, -0.2) is 27.3 Å². The van der Waals surface area contributed by atoms with Crippen molar-refractivity contribution in [1.82, 2.24) is 9.97 Å². The Kier molecular flexibility index (Phi) is 5.65. The molecule has 0 aliphatic carbocycles. The molecule has 2 aromatic carbocycles. The minimum Gasteiger partial charge on any atom is -0.505 e. The maximum atomic E-state index is 11.1. The molecule has 2 heterocycles. The zero-order valence-corrected chi connectivity index (χ0v) is 18.1. The maximum absolute atomic E-state index is 11.1. The van der Waals surface area contributed by atoms with Gasteiger partial charge in [-0.3, -0.25) is 4.98 Å². The molecule has 4 rings (SSSR count). The van der Waals surface area contributed by atoms with E-state index in [0.29, 0.717) is 37.3 Å². The lowest BCUT2D eigenvalue weighted by Crippen LogP contribution is -2.14. The van der Waals surface area contributed by atoms with E-state index < -0.39 is 6.04 Å². The van der Waals surface area contributed by atoms with Crippen LogP contribution in [0.25, 0.3) is 10.9 Å². The minimum atomic E-state index is -0.561. The summed E-state index contributed by atoms with van der Waals surface area (Å²) in [6, 6.07) is 13.6. The molecule has 0 bridgehead atoms. The zero-order valence-electron chi connectivity index (χ0n) is 15.8. The van der Waals surface area contributed by atoms with Crippen LogP contribution >= 0.6 is 27.5 Å². The Balaban J connectivity index is 1.94. The second kappa shape index (κ2) is 8.38.